The maximum Gasteiger partial charge on any atom is 0.149 e. The summed E-state index contributed by atoms with van der Waals surface area (Å²) in [6.45, 7) is 5.46. The molecule has 0 aliphatic carbocycles. The molecule has 84 valence electrons. The average molecular weight is 208 g/mol. The van der Waals surface area contributed by atoms with Gasteiger partial charge in [0.25, 0.3) is 0 Å². The van der Waals surface area contributed by atoms with Crippen LogP contribution in [0.15, 0.2) is 12.4 Å². The topological polar surface area (TPSA) is 41.1 Å². The third-order valence-corrected chi connectivity index (χ3v) is 2.55. The minimum atomic E-state index is 0.676. The minimum absolute atomic E-state index is 0.676. The lowest BCUT2D eigenvalue weighted by molar-refractivity contribution is 0.557. The Kier molecular flexibility index (Phi) is 4.34. The van der Waals surface area contributed by atoms with Crippen LogP contribution in [0, 0.1) is 5.92 Å². The smallest absolute Gasteiger partial charge is 0.149 e. The van der Waals surface area contributed by atoms with E-state index in [1.54, 1.807) is 12.4 Å². The Labute approximate surface area is 91.7 Å². The summed E-state index contributed by atoms with van der Waals surface area (Å²) in [4.78, 5) is 10.7. The van der Waals surface area contributed by atoms with Crippen LogP contribution in [-0.4, -0.2) is 30.6 Å². The molecule has 15 heavy (non-hydrogen) atoms. The highest BCUT2D eigenvalue weighted by Crippen LogP contribution is 2.13. The molecule has 4 nitrogen and oxygen atoms in total. The molecule has 1 heterocycles. The second kappa shape index (κ2) is 5.53. The summed E-state index contributed by atoms with van der Waals surface area (Å²) in [5.41, 5.74) is 0. The molecule has 1 aromatic heterocycles. The van der Waals surface area contributed by atoms with Crippen LogP contribution in [-0.2, 0) is 0 Å². The first-order chi connectivity index (χ1) is 7.17. The number of anilines is 2. The fraction of sp³-hybridized carbons (Fsp3) is 0.636. The van der Waals surface area contributed by atoms with Crippen molar-refractivity contribution in [1.82, 2.24) is 9.97 Å². The van der Waals surface area contributed by atoms with Gasteiger partial charge in [-0.15, -0.1) is 0 Å². The first-order valence-corrected chi connectivity index (χ1v) is 5.38. The number of nitrogens with one attached hydrogen (secondary N) is 1. The van der Waals surface area contributed by atoms with Gasteiger partial charge >= 0.3 is 0 Å². The molecule has 0 aliphatic rings. The third kappa shape index (κ3) is 3.38. The van der Waals surface area contributed by atoms with Gasteiger partial charge in [-0.05, 0) is 5.92 Å². The van der Waals surface area contributed by atoms with Gasteiger partial charge in [0, 0.05) is 20.6 Å². The average Bonchev–Trinajstić information content (AvgIpc) is 2.28. The van der Waals surface area contributed by atoms with E-state index in [-0.39, 0.29) is 0 Å². The lowest BCUT2D eigenvalue weighted by Gasteiger charge is -2.21. The van der Waals surface area contributed by atoms with Crippen molar-refractivity contribution in [2.75, 3.05) is 30.9 Å². The van der Waals surface area contributed by atoms with Crippen LogP contribution >= 0.6 is 0 Å². The fourth-order valence-electron chi connectivity index (χ4n) is 1.35. The summed E-state index contributed by atoms with van der Waals surface area (Å²) in [5, 5.41) is 2.99. The standard InChI is InChI=1S/C11H20N4/c1-5-9(2)8-15(4)11-7-13-6-10(12-3)14-11/h6-7,9H,5,8H2,1-4H3,(H,12,14). The molecule has 0 bridgehead atoms. The molecule has 0 saturated heterocycles. The zero-order valence-electron chi connectivity index (χ0n) is 9.99. The fourth-order valence-corrected chi connectivity index (χ4v) is 1.35. The Balaban J connectivity index is 2.68. The normalized spacial score (nSPS) is 12.3. The van der Waals surface area contributed by atoms with E-state index in [9.17, 15) is 0 Å². The van der Waals surface area contributed by atoms with Crippen LogP contribution in [0.1, 0.15) is 20.3 Å². The van der Waals surface area contributed by atoms with Gasteiger partial charge in [-0.3, -0.25) is 4.98 Å². The monoisotopic (exact) mass is 208 g/mol. The predicted molar refractivity (Wildman–Crippen MR) is 64.3 cm³/mol. The Morgan fingerprint density at radius 3 is 2.80 bits per heavy atom. The molecule has 0 spiro atoms. The molecule has 4 heteroatoms. The molecule has 0 fully saturated rings. The largest absolute Gasteiger partial charge is 0.372 e. The van der Waals surface area contributed by atoms with Crippen LogP contribution in [0.5, 0.6) is 0 Å². The molecule has 0 amide bonds. The Hall–Kier alpha value is -1.32. The highest BCUT2D eigenvalue weighted by atomic mass is 15.2. The summed E-state index contributed by atoms with van der Waals surface area (Å²) < 4.78 is 0. The van der Waals surface area contributed by atoms with E-state index < -0.39 is 0 Å². The second-order valence-corrected chi connectivity index (χ2v) is 3.91. The molecule has 1 aromatic rings. The van der Waals surface area contributed by atoms with E-state index in [2.05, 4.69) is 41.1 Å². The van der Waals surface area contributed by atoms with E-state index in [0.29, 0.717) is 5.92 Å². The lowest BCUT2D eigenvalue weighted by atomic mass is 10.1. The van der Waals surface area contributed by atoms with Gasteiger partial charge < -0.3 is 10.2 Å². The summed E-state index contributed by atoms with van der Waals surface area (Å²) in [5.74, 6) is 2.40. The van der Waals surface area contributed by atoms with Crippen LogP contribution in [0.4, 0.5) is 11.6 Å². The van der Waals surface area contributed by atoms with Crippen molar-refractivity contribution in [3.63, 3.8) is 0 Å². The SMILES string of the molecule is CCC(C)CN(C)c1cncc(NC)n1. The van der Waals surface area contributed by atoms with Gasteiger partial charge in [-0.25, -0.2) is 4.98 Å². The molecule has 1 unspecified atom stereocenters. The third-order valence-electron chi connectivity index (χ3n) is 2.55. The number of hydrogen-bond donors (Lipinski definition) is 1. The van der Waals surface area contributed by atoms with Gasteiger partial charge in [0.15, 0.2) is 0 Å². The summed E-state index contributed by atoms with van der Waals surface area (Å²) >= 11 is 0. The first-order valence-electron chi connectivity index (χ1n) is 5.38. The number of rotatable bonds is 5. The zero-order valence-corrected chi connectivity index (χ0v) is 9.99. The summed E-state index contributed by atoms with van der Waals surface area (Å²) in [7, 11) is 3.90. The van der Waals surface area contributed by atoms with Crippen molar-refractivity contribution < 1.29 is 0 Å². The van der Waals surface area contributed by atoms with E-state index in [0.717, 1.165) is 18.2 Å². The Morgan fingerprint density at radius 1 is 1.47 bits per heavy atom. The predicted octanol–water partition coefficient (Wildman–Crippen LogP) is 2.00. The minimum Gasteiger partial charge on any atom is -0.372 e. The van der Waals surface area contributed by atoms with E-state index in [1.165, 1.54) is 6.42 Å². The van der Waals surface area contributed by atoms with Crippen molar-refractivity contribution in [2.24, 2.45) is 5.92 Å². The van der Waals surface area contributed by atoms with Crippen molar-refractivity contribution in [2.45, 2.75) is 20.3 Å². The van der Waals surface area contributed by atoms with E-state index in [1.807, 2.05) is 7.05 Å². The maximum absolute atomic E-state index is 4.43. The van der Waals surface area contributed by atoms with Crippen molar-refractivity contribution in [1.29, 1.82) is 0 Å². The van der Waals surface area contributed by atoms with Crippen LogP contribution in [0.25, 0.3) is 0 Å². The molecule has 1 atom stereocenters. The molecule has 1 N–H and O–H groups in total. The van der Waals surface area contributed by atoms with Crippen LogP contribution in [0.3, 0.4) is 0 Å². The van der Waals surface area contributed by atoms with Gasteiger partial charge in [0.05, 0.1) is 12.4 Å². The van der Waals surface area contributed by atoms with E-state index in [4.69, 9.17) is 0 Å². The molecule has 0 saturated carbocycles. The summed E-state index contributed by atoms with van der Waals surface area (Å²) in [6, 6.07) is 0. The summed E-state index contributed by atoms with van der Waals surface area (Å²) in [6.07, 6.45) is 4.70. The maximum atomic E-state index is 4.43. The van der Waals surface area contributed by atoms with Gasteiger partial charge in [0.1, 0.15) is 11.6 Å². The van der Waals surface area contributed by atoms with Gasteiger partial charge in [-0.2, -0.15) is 0 Å². The molecule has 1 rings (SSSR count). The number of hydrogen-bond acceptors (Lipinski definition) is 4. The lowest BCUT2D eigenvalue weighted by Crippen LogP contribution is -2.24. The number of aromatic nitrogens is 2. The second-order valence-electron chi connectivity index (χ2n) is 3.91. The molecular weight excluding hydrogens is 188 g/mol. The van der Waals surface area contributed by atoms with Crippen molar-refractivity contribution in [3.8, 4) is 0 Å². The molecular formula is C11H20N4. The molecule has 0 aromatic carbocycles. The van der Waals surface area contributed by atoms with Crippen molar-refractivity contribution >= 4 is 11.6 Å². The molecule has 0 radical (unpaired) electrons. The molecule has 0 aliphatic heterocycles. The Morgan fingerprint density at radius 2 is 2.20 bits per heavy atom. The van der Waals surface area contributed by atoms with Crippen molar-refractivity contribution in [3.05, 3.63) is 12.4 Å². The van der Waals surface area contributed by atoms with Crippen LogP contribution in [0.2, 0.25) is 0 Å². The van der Waals surface area contributed by atoms with Gasteiger partial charge in [-0.1, -0.05) is 20.3 Å². The van der Waals surface area contributed by atoms with Crippen LogP contribution < -0.4 is 10.2 Å². The number of nitrogens with zero attached hydrogens (tertiary/aromatic N) is 3. The van der Waals surface area contributed by atoms with Gasteiger partial charge in [0.2, 0.25) is 0 Å². The Bertz CT molecular complexity index is 300. The quantitative estimate of drug-likeness (QED) is 0.803. The van der Waals surface area contributed by atoms with E-state index >= 15 is 0 Å². The first kappa shape index (κ1) is 11.8. The highest BCUT2D eigenvalue weighted by Gasteiger charge is 2.07. The highest BCUT2D eigenvalue weighted by molar-refractivity contribution is 5.42. The zero-order chi connectivity index (χ0) is 11.3.